The molecule has 2 N–H and O–H groups in total. The maximum Gasteiger partial charge on any atom is 0.347 e. The van der Waals surface area contributed by atoms with E-state index >= 15 is 0 Å². The number of hydrogen-bond acceptors (Lipinski definition) is 5. The van der Waals surface area contributed by atoms with Crippen molar-refractivity contribution in [1.29, 1.82) is 0 Å². The fourth-order valence-electron chi connectivity index (χ4n) is 2.30. The van der Waals surface area contributed by atoms with Crippen LogP contribution in [0.15, 0.2) is 24.3 Å². The molecule has 0 amide bonds. The Morgan fingerprint density at radius 1 is 1.26 bits per heavy atom. The van der Waals surface area contributed by atoms with E-state index in [1.165, 1.54) is 0 Å². The summed E-state index contributed by atoms with van der Waals surface area (Å²) in [4.78, 5) is 23.5. The Hall–Kier alpha value is -1.72. The molecule has 19 heavy (non-hydrogen) atoms. The number of esters is 2. The van der Waals surface area contributed by atoms with Crippen LogP contribution < -0.4 is 0 Å². The van der Waals surface area contributed by atoms with Crippen LogP contribution in [0.4, 0.5) is 0 Å². The molecule has 1 aliphatic rings. The van der Waals surface area contributed by atoms with Crippen LogP contribution >= 0.6 is 0 Å². The van der Waals surface area contributed by atoms with E-state index in [0.717, 1.165) is 0 Å². The van der Waals surface area contributed by atoms with E-state index in [9.17, 15) is 14.7 Å². The predicted molar refractivity (Wildman–Crippen MR) is 66.0 cm³/mol. The lowest BCUT2D eigenvalue weighted by Crippen LogP contribution is -2.45. The monoisotopic (exact) mass is 264 g/mol. The fourth-order valence-corrected chi connectivity index (χ4v) is 2.30. The third kappa shape index (κ3) is 2.05. The van der Waals surface area contributed by atoms with Gasteiger partial charge in [0.1, 0.15) is 5.92 Å². The van der Waals surface area contributed by atoms with E-state index in [1.54, 1.807) is 38.1 Å². The van der Waals surface area contributed by atoms with Crippen LogP contribution in [0.5, 0.6) is 0 Å². The molecule has 102 valence electrons. The zero-order valence-corrected chi connectivity index (χ0v) is 10.8. The first-order valence-corrected chi connectivity index (χ1v) is 6.09. The molecule has 0 radical (unpaired) electrons. The third-order valence-corrected chi connectivity index (χ3v) is 3.57. The molecule has 1 aromatic rings. The number of ether oxygens (including phenoxy) is 1. The number of rotatable bonds is 3. The standard InChI is InChI=1S/C14H16O5/c1-8(2)14(18)11(12(16)19-13(14)17)10-5-3-9(7-15)4-6-10/h3-6,8,11,15,18H,7H2,1-2H3. The number of aliphatic hydroxyl groups excluding tert-OH is 1. The number of aliphatic hydroxyl groups is 2. The number of hydrogen-bond donors (Lipinski definition) is 2. The highest BCUT2D eigenvalue weighted by Crippen LogP contribution is 2.41. The van der Waals surface area contributed by atoms with Gasteiger partial charge in [-0.3, -0.25) is 4.79 Å². The van der Waals surface area contributed by atoms with Gasteiger partial charge in [-0.05, 0) is 17.0 Å². The van der Waals surface area contributed by atoms with Gasteiger partial charge >= 0.3 is 11.9 Å². The zero-order chi connectivity index (χ0) is 14.2. The Kier molecular flexibility index (Phi) is 3.43. The Balaban J connectivity index is 2.45. The second-order valence-electron chi connectivity index (χ2n) is 5.02. The van der Waals surface area contributed by atoms with Gasteiger partial charge in [0.2, 0.25) is 0 Å². The van der Waals surface area contributed by atoms with Gasteiger partial charge in [-0.25, -0.2) is 4.79 Å². The van der Waals surface area contributed by atoms with Gasteiger partial charge in [0, 0.05) is 0 Å². The largest absolute Gasteiger partial charge is 0.392 e. The van der Waals surface area contributed by atoms with Crippen LogP contribution in [0.25, 0.3) is 0 Å². The van der Waals surface area contributed by atoms with Gasteiger partial charge < -0.3 is 14.9 Å². The maximum absolute atomic E-state index is 11.8. The van der Waals surface area contributed by atoms with Crippen molar-refractivity contribution in [2.24, 2.45) is 5.92 Å². The Bertz CT molecular complexity index is 505. The second-order valence-corrected chi connectivity index (χ2v) is 5.02. The molecule has 1 heterocycles. The van der Waals surface area contributed by atoms with Crippen LogP contribution in [-0.2, 0) is 20.9 Å². The summed E-state index contributed by atoms with van der Waals surface area (Å²) in [6.45, 7) is 3.21. The van der Waals surface area contributed by atoms with Crippen molar-refractivity contribution in [2.45, 2.75) is 32.0 Å². The van der Waals surface area contributed by atoms with Crippen LogP contribution in [0.3, 0.4) is 0 Å². The van der Waals surface area contributed by atoms with E-state index < -0.39 is 29.4 Å². The van der Waals surface area contributed by atoms with Crippen molar-refractivity contribution >= 4 is 11.9 Å². The fraction of sp³-hybridized carbons (Fsp3) is 0.429. The molecule has 0 aliphatic carbocycles. The molecule has 2 unspecified atom stereocenters. The number of cyclic esters (lactones) is 2. The van der Waals surface area contributed by atoms with Gasteiger partial charge in [0.25, 0.3) is 0 Å². The SMILES string of the molecule is CC(C)C1(O)C(=O)OC(=O)C1c1ccc(CO)cc1. The number of carbonyl (C=O) groups excluding carboxylic acids is 2. The first-order valence-electron chi connectivity index (χ1n) is 6.09. The Labute approximate surface area is 110 Å². The molecule has 0 saturated carbocycles. The van der Waals surface area contributed by atoms with Gasteiger partial charge in [-0.2, -0.15) is 0 Å². The molecular weight excluding hydrogens is 248 g/mol. The van der Waals surface area contributed by atoms with E-state index in [1.807, 2.05) is 0 Å². The van der Waals surface area contributed by atoms with Crippen molar-refractivity contribution in [1.82, 2.24) is 0 Å². The summed E-state index contributed by atoms with van der Waals surface area (Å²) in [6.07, 6.45) is 0. The van der Waals surface area contributed by atoms with Crippen LogP contribution in [0.2, 0.25) is 0 Å². The zero-order valence-electron chi connectivity index (χ0n) is 10.8. The summed E-state index contributed by atoms with van der Waals surface area (Å²) in [7, 11) is 0. The molecule has 2 atom stereocenters. The van der Waals surface area contributed by atoms with Gasteiger partial charge in [-0.1, -0.05) is 38.1 Å². The highest BCUT2D eigenvalue weighted by atomic mass is 16.6. The van der Waals surface area contributed by atoms with Crippen LogP contribution in [0, 0.1) is 5.92 Å². The Morgan fingerprint density at radius 2 is 1.84 bits per heavy atom. The van der Waals surface area contributed by atoms with Gasteiger partial charge in [-0.15, -0.1) is 0 Å². The highest BCUT2D eigenvalue weighted by Gasteiger charge is 2.59. The van der Waals surface area contributed by atoms with Crippen molar-refractivity contribution in [3.63, 3.8) is 0 Å². The molecule has 0 spiro atoms. The number of carbonyl (C=O) groups is 2. The van der Waals surface area contributed by atoms with Crippen LogP contribution in [0.1, 0.15) is 30.9 Å². The highest BCUT2D eigenvalue weighted by molar-refractivity contribution is 6.04. The average molecular weight is 264 g/mol. The van der Waals surface area contributed by atoms with E-state index in [0.29, 0.717) is 11.1 Å². The number of benzene rings is 1. The van der Waals surface area contributed by atoms with Crippen molar-refractivity contribution in [3.05, 3.63) is 35.4 Å². The maximum atomic E-state index is 11.8. The summed E-state index contributed by atoms with van der Waals surface area (Å²) in [6, 6.07) is 6.52. The normalized spacial score (nSPS) is 26.9. The molecule has 1 saturated heterocycles. The van der Waals surface area contributed by atoms with E-state index in [2.05, 4.69) is 4.74 Å². The first kappa shape index (κ1) is 13.7. The quantitative estimate of drug-likeness (QED) is 0.621. The summed E-state index contributed by atoms with van der Waals surface area (Å²) in [5.41, 5.74) is -0.642. The molecular formula is C14H16O5. The molecule has 1 aliphatic heterocycles. The minimum atomic E-state index is -1.84. The van der Waals surface area contributed by atoms with Crippen molar-refractivity contribution in [2.75, 3.05) is 0 Å². The van der Waals surface area contributed by atoms with E-state index in [-0.39, 0.29) is 6.61 Å². The van der Waals surface area contributed by atoms with Crippen molar-refractivity contribution in [3.8, 4) is 0 Å². The minimum Gasteiger partial charge on any atom is -0.392 e. The lowest BCUT2D eigenvalue weighted by atomic mass is 9.76. The molecule has 5 nitrogen and oxygen atoms in total. The third-order valence-electron chi connectivity index (χ3n) is 3.57. The average Bonchev–Trinajstić information content (AvgIpc) is 2.61. The molecule has 5 heteroatoms. The molecule has 0 bridgehead atoms. The Morgan fingerprint density at radius 3 is 2.32 bits per heavy atom. The minimum absolute atomic E-state index is 0.108. The smallest absolute Gasteiger partial charge is 0.347 e. The second kappa shape index (κ2) is 4.75. The summed E-state index contributed by atoms with van der Waals surface area (Å²) in [5.74, 6) is -3.11. The summed E-state index contributed by atoms with van der Waals surface area (Å²) in [5, 5.41) is 19.5. The van der Waals surface area contributed by atoms with Crippen molar-refractivity contribution < 1.29 is 24.5 Å². The molecule has 0 aromatic heterocycles. The first-order chi connectivity index (χ1) is 8.91. The van der Waals surface area contributed by atoms with Crippen LogP contribution in [-0.4, -0.2) is 27.8 Å². The van der Waals surface area contributed by atoms with Gasteiger partial charge in [0.05, 0.1) is 6.61 Å². The molecule has 1 fully saturated rings. The predicted octanol–water partition coefficient (Wildman–Crippen LogP) is 0.733. The summed E-state index contributed by atoms with van der Waals surface area (Å²) < 4.78 is 4.58. The molecule has 2 rings (SSSR count). The summed E-state index contributed by atoms with van der Waals surface area (Å²) >= 11 is 0. The lowest BCUT2D eigenvalue weighted by Gasteiger charge is -2.27. The lowest BCUT2D eigenvalue weighted by molar-refractivity contribution is -0.161. The molecule has 1 aromatic carbocycles. The van der Waals surface area contributed by atoms with E-state index in [4.69, 9.17) is 5.11 Å². The van der Waals surface area contributed by atoms with Gasteiger partial charge in [0.15, 0.2) is 5.60 Å². The topological polar surface area (TPSA) is 83.8 Å².